The Morgan fingerprint density at radius 1 is 0.722 bits per heavy atom. The van der Waals surface area contributed by atoms with Gasteiger partial charge in [-0.05, 0) is 34.9 Å². The summed E-state index contributed by atoms with van der Waals surface area (Å²) in [5, 5.41) is 1.53. The van der Waals surface area contributed by atoms with Crippen LogP contribution >= 0.6 is 8.58 Å². The molecule has 0 amide bonds. The van der Waals surface area contributed by atoms with Crippen molar-refractivity contribution in [2.75, 3.05) is 0 Å². The molecule has 1 aliphatic rings. The van der Waals surface area contributed by atoms with Gasteiger partial charge in [-0.15, -0.1) is 0 Å². The lowest BCUT2D eigenvalue weighted by molar-refractivity contribution is 0.886. The Kier molecular flexibility index (Phi) is 3.76. The van der Waals surface area contributed by atoms with Crippen LogP contribution in [0.2, 0.25) is 0 Å². The highest BCUT2D eigenvalue weighted by atomic mass is 31.1. The third kappa shape index (κ3) is 2.82. The molecule has 1 atom stereocenters. The van der Waals surface area contributed by atoms with Crippen LogP contribution in [-0.2, 0) is 0 Å². The van der Waals surface area contributed by atoms with Crippen LogP contribution in [0.5, 0.6) is 0 Å². The highest BCUT2D eigenvalue weighted by Crippen LogP contribution is 2.33. The summed E-state index contributed by atoms with van der Waals surface area (Å²) >= 11 is 0. The molecule has 0 nitrogen and oxygen atoms in total. The minimum Gasteiger partial charge on any atom is -0.0872 e. The average molecular weight is 254 g/mol. The summed E-state index contributed by atoms with van der Waals surface area (Å²) < 4.78 is 0. The quantitative estimate of drug-likeness (QED) is 0.702. The molecule has 0 aromatic heterocycles. The molecule has 3 rings (SSSR count). The first-order chi connectivity index (χ1) is 8.92. The topological polar surface area (TPSA) is 0 Å². The third-order valence-corrected chi connectivity index (χ3v) is 5.37. The minimum atomic E-state index is 0.965. The van der Waals surface area contributed by atoms with E-state index in [1.807, 2.05) is 0 Å². The lowest BCUT2D eigenvalue weighted by atomic mass is 10.1. The average Bonchev–Trinajstić information content (AvgIpc) is 2.94. The molecule has 0 N–H and O–H groups in total. The third-order valence-electron chi connectivity index (χ3n) is 3.72. The summed E-state index contributed by atoms with van der Waals surface area (Å²) in [5.41, 5.74) is 3.61. The second-order valence-corrected chi connectivity index (χ2v) is 6.75. The molecule has 1 unspecified atom stereocenters. The highest BCUT2D eigenvalue weighted by molar-refractivity contribution is 7.48. The van der Waals surface area contributed by atoms with Crippen LogP contribution in [0.4, 0.5) is 0 Å². The summed E-state index contributed by atoms with van der Waals surface area (Å²) in [6.07, 6.45) is 5.78. The van der Waals surface area contributed by atoms with E-state index in [-0.39, 0.29) is 0 Å². The van der Waals surface area contributed by atoms with E-state index in [0.717, 1.165) is 14.2 Å². The molecule has 0 radical (unpaired) electrons. The molecule has 1 saturated carbocycles. The van der Waals surface area contributed by atoms with Gasteiger partial charge < -0.3 is 0 Å². The normalized spacial score (nSPS) is 16.7. The molecule has 0 heterocycles. The Morgan fingerprint density at radius 3 is 2.00 bits per heavy atom. The zero-order valence-electron chi connectivity index (χ0n) is 10.6. The predicted molar refractivity (Wildman–Crippen MR) is 82.1 cm³/mol. The van der Waals surface area contributed by atoms with Crippen LogP contribution < -0.4 is 5.30 Å². The predicted octanol–water partition coefficient (Wildman–Crippen LogP) is 4.60. The molecular weight excluding hydrogens is 235 g/mol. The van der Waals surface area contributed by atoms with Crippen LogP contribution in [0.15, 0.2) is 54.6 Å². The molecule has 2 aromatic carbocycles. The number of hydrogen-bond acceptors (Lipinski definition) is 0. The van der Waals surface area contributed by atoms with Crippen LogP contribution in [0.25, 0.3) is 11.1 Å². The van der Waals surface area contributed by atoms with Gasteiger partial charge in [0.05, 0.1) is 0 Å². The maximum atomic E-state index is 2.32. The van der Waals surface area contributed by atoms with Crippen molar-refractivity contribution >= 4 is 13.9 Å². The number of rotatable bonds is 3. The number of hydrogen-bond donors (Lipinski definition) is 0. The monoisotopic (exact) mass is 254 g/mol. The van der Waals surface area contributed by atoms with Gasteiger partial charge in [0.2, 0.25) is 0 Å². The summed E-state index contributed by atoms with van der Waals surface area (Å²) in [7, 11) is 1.01. The van der Waals surface area contributed by atoms with Gasteiger partial charge in [-0.25, -0.2) is 0 Å². The molecular formula is C17H19P. The van der Waals surface area contributed by atoms with Crippen molar-refractivity contribution in [3.63, 3.8) is 0 Å². The van der Waals surface area contributed by atoms with Crippen molar-refractivity contribution in [3.05, 3.63) is 54.6 Å². The van der Waals surface area contributed by atoms with Crippen LogP contribution in [0, 0.1) is 0 Å². The Hall–Kier alpha value is -1.13. The zero-order chi connectivity index (χ0) is 12.2. The van der Waals surface area contributed by atoms with Crippen molar-refractivity contribution in [3.8, 4) is 11.1 Å². The van der Waals surface area contributed by atoms with Gasteiger partial charge >= 0.3 is 0 Å². The molecule has 0 aliphatic heterocycles. The van der Waals surface area contributed by atoms with Crippen molar-refractivity contribution in [1.29, 1.82) is 0 Å². The van der Waals surface area contributed by atoms with Crippen molar-refractivity contribution < 1.29 is 0 Å². The Bertz CT molecular complexity index is 481. The van der Waals surface area contributed by atoms with E-state index in [0.29, 0.717) is 0 Å². The first-order valence-electron chi connectivity index (χ1n) is 6.84. The van der Waals surface area contributed by atoms with E-state index in [2.05, 4.69) is 54.6 Å². The van der Waals surface area contributed by atoms with Gasteiger partial charge in [0.1, 0.15) is 0 Å². The SMILES string of the molecule is c1ccc(-c2ccc(PC3CCCC3)cc2)cc1. The van der Waals surface area contributed by atoms with Crippen LogP contribution in [0.1, 0.15) is 25.7 Å². The molecule has 18 heavy (non-hydrogen) atoms. The minimum absolute atomic E-state index is 0.965. The van der Waals surface area contributed by atoms with Crippen LogP contribution in [0.3, 0.4) is 0 Å². The Labute approximate surface area is 111 Å². The smallest absolute Gasteiger partial charge is 0.0184 e. The molecule has 0 spiro atoms. The van der Waals surface area contributed by atoms with Gasteiger partial charge in [0, 0.05) is 0 Å². The van der Waals surface area contributed by atoms with E-state index >= 15 is 0 Å². The van der Waals surface area contributed by atoms with Gasteiger partial charge in [-0.1, -0.05) is 76.0 Å². The van der Waals surface area contributed by atoms with E-state index < -0.39 is 0 Å². The molecule has 2 aromatic rings. The summed E-state index contributed by atoms with van der Waals surface area (Å²) in [6.45, 7) is 0. The first kappa shape index (κ1) is 11.9. The summed E-state index contributed by atoms with van der Waals surface area (Å²) in [4.78, 5) is 0. The standard InChI is InChI=1S/C17H19P/c1-2-6-14(7-3-1)15-10-12-17(13-11-15)18-16-8-4-5-9-16/h1-3,6-7,10-13,16,18H,4-5,8-9H2. The molecule has 1 aliphatic carbocycles. The van der Waals surface area contributed by atoms with Gasteiger partial charge in [-0.2, -0.15) is 0 Å². The fourth-order valence-corrected chi connectivity index (χ4v) is 4.22. The largest absolute Gasteiger partial charge is 0.0872 e. The maximum Gasteiger partial charge on any atom is -0.0184 e. The van der Waals surface area contributed by atoms with E-state index in [1.165, 1.54) is 42.1 Å². The van der Waals surface area contributed by atoms with Gasteiger partial charge in [-0.3, -0.25) is 0 Å². The Balaban J connectivity index is 1.72. The zero-order valence-corrected chi connectivity index (χ0v) is 11.6. The van der Waals surface area contributed by atoms with Gasteiger partial charge in [0.15, 0.2) is 0 Å². The van der Waals surface area contributed by atoms with Crippen LogP contribution in [-0.4, -0.2) is 5.66 Å². The molecule has 0 bridgehead atoms. The van der Waals surface area contributed by atoms with E-state index in [4.69, 9.17) is 0 Å². The summed E-state index contributed by atoms with van der Waals surface area (Å²) in [6, 6.07) is 19.8. The van der Waals surface area contributed by atoms with E-state index in [1.54, 1.807) is 0 Å². The maximum absolute atomic E-state index is 2.32. The number of benzene rings is 2. The fourth-order valence-electron chi connectivity index (χ4n) is 2.70. The molecule has 92 valence electrons. The molecule has 1 fully saturated rings. The lowest BCUT2D eigenvalue weighted by Gasteiger charge is -2.09. The highest BCUT2D eigenvalue weighted by Gasteiger charge is 2.15. The summed E-state index contributed by atoms with van der Waals surface area (Å²) in [5.74, 6) is 0. The van der Waals surface area contributed by atoms with Crippen molar-refractivity contribution in [1.82, 2.24) is 0 Å². The second-order valence-electron chi connectivity index (χ2n) is 5.07. The fraction of sp³-hybridized carbons (Fsp3) is 0.294. The molecule has 1 heteroatoms. The lowest BCUT2D eigenvalue weighted by Crippen LogP contribution is -2.01. The van der Waals surface area contributed by atoms with E-state index in [9.17, 15) is 0 Å². The second kappa shape index (κ2) is 5.67. The first-order valence-corrected chi connectivity index (χ1v) is 7.91. The van der Waals surface area contributed by atoms with Crippen molar-refractivity contribution in [2.24, 2.45) is 0 Å². The Morgan fingerprint density at radius 2 is 1.33 bits per heavy atom. The molecule has 0 saturated heterocycles. The van der Waals surface area contributed by atoms with Gasteiger partial charge in [0.25, 0.3) is 0 Å². The van der Waals surface area contributed by atoms with Crippen molar-refractivity contribution in [2.45, 2.75) is 31.3 Å².